The number of piperidine rings is 1. The first-order chi connectivity index (χ1) is 12.1. The number of methoxy groups -OCH3 is 1. The third kappa shape index (κ3) is 4.28. The van der Waals surface area contributed by atoms with Gasteiger partial charge in [0.15, 0.2) is 5.57 Å². The molecular formula is C18H17N5O2. The van der Waals surface area contributed by atoms with E-state index >= 15 is 0 Å². The highest BCUT2D eigenvalue weighted by Gasteiger charge is 2.25. The average molecular weight is 335 g/mol. The van der Waals surface area contributed by atoms with E-state index in [4.69, 9.17) is 20.5 Å². The Morgan fingerprint density at radius 2 is 1.72 bits per heavy atom. The lowest BCUT2D eigenvalue weighted by Gasteiger charge is -2.32. The maximum absolute atomic E-state index is 11.6. The van der Waals surface area contributed by atoms with Crippen molar-refractivity contribution in [2.75, 3.05) is 30.4 Å². The molecule has 1 fully saturated rings. The zero-order chi connectivity index (χ0) is 18.2. The van der Waals surface area contributed by atoms with Crippen LogP contribution in [0.1, 0.15) is 12.8 Å². The van der Waals surface area contributed by atoms with Gasteiger partial charge in [-0.25, -0.2) is 0 Å². The SMILES string of the molecule is COC(=O)C1CCN(c2ccc(NC(C#N)=C(C#N)C#N)cc2)CC1. The van der Waals surface area contributed by atoms with Crippen LogP contribution in [-0.2, 0) is 9.53 Å². The maximum atomic E-state index is 11.6. The molecule has 1 saturated heterocycles. The molecule has 0 aliphatic carbocycles. The lowest BCUT2D eigenvalue weighted by molar-refractivity contribution is -0.146. The Morgan fingerprint density at radius 1 is 1.12 bits per heavy atom. The summed E-state index contributed by atoms with van der Waals surface area (Å²) in [6, 6.07) is 12.6. The monoisotopic (exact) mass is 335 g/mol. The van der Waals surface area contributed by atoms with E-state index in [1.54, 1.807) is 24.3 Å². The minimum absolute atomic E-state index is 0.0408. The third-order valence-corrected chi connectivity index (χ3v) is 4.12. The van der Waals surface area contributed by atoms with Crippen LogP contribution in [0.5, 0.6) is 0 Å². The standard InChI is InChI=1S/C18H17N5O2/c1-25-18(24)13-6-8-23(9-7-13)16-4-2-15(3-5-16)22-17(12-21)14(10-19)11-20/h2-5,13,22H,6-9H2,1H3. The van der Waals surface area contributed by atoms with E-state index in [-0.39, 0.29) is 23.2 Å². The van der Waals surface area contributed by atoms with Gasteiger partial charge in [-0.1, -0.05) is 0 Å². The Morgan fingerprint density at radius 3 is 2.20 bits per heavy atom. The summed E-state index contributed by atoms with van der Waals surface area (Å²) >= 11 is 0. The molecule has 0 aromatic heterocycles. The number of nitriles is 3. The lowest BCUT2D eigenvalue weighted by atomic mass is 9.96. The fourth-order valence-electron chi connectivity index (χ4n) is 2.72. The molecule has 1 aliphatic rings. The number of rotatable bonds is 4. The van der Waals surface area contributed by atoms with Gasteiger partial charge in [-0.3, -0.25) is 4.79 Å². The van der Waals surface area contributed by atoms with Crippen molar-refractivity contribution in [2.45, 2.75) is 12.8 Å². The van der Waals surface area contributed by atoms with E-state index < -0.39 is 0 Å². The van der Waals surface area contributed by atoms with E-state index in [2.05, 4.69) is 10.2 Å². The predicted molar refractivity (Wildman–Crippen MR) is 90.9 cm³/mol. The van der Waals surface area contributed by atoms with Crippen molar-refractivity contribution < 1.29 is 9.53 Å². The van der Waals surface area contributed by atoms with Gasteiger partial charge < -0.3 is 15.0 Å². The van der Waals surface area contributed by atoms with Gasteiger partial charge in [0.25, 0.3) is 0 Å². The van der Waals surface area contributed by atoms with Crippen LogP contribution < -0.4 is 10.2 Å². The molecule has 7 nitrogen and oxygen atoms in total. The van der Waals surface area contributed by atoms with Crippen LogP contribution in [0.25, 0.3) is 0 Å². The van der Waals surface area contributed by atoms with Crippen LogP contribution in [0, 0.1) is 39.9 Å². The van der Waals surface area contributed by atoms with Gasteiger partial charge in [0.2, 0.25) is 0 Å². The third-order valence-electron chi connectivity index (χ3n) is 4.12. The van der Waals surface area contributed by atoms with Crippen molar-refractivity contribution in [3.63, 3.8) is 0 Å². The van der Waals surface area contributed by atoms with Gasteiger partial charge in [-0.05, 0) is 37.1 Å². The highest BCUT2D eigenvalue weighted by atomic mass is 16.5. The molecule has 1 aromatic rings. The van der Waals surface area contributed by atoms with Gasteiger partial charge >= 0.3 is 5.97 Å². The van der Waals surface area contributed by atoms with E-state index in [1.165, 1.54) is 7.11 Å². The second-order valence-corrected chi connectivity index (χ2v) is 5.54. The molecular weight excluding hydrogens is 318 g/mol. The largest absolute Gasteiger partial charge is 0.469 e. The lowest BCUT2D eigenvalue weighted by Crippen LogP contribution is -2.36. The molecule has 25 heavy (non-hydrogen) atoms. The molecule has 0 atom stereocenters. The molecule has 1 aliphatic heterocycles. The Kier molecular flexibility index (Phi) is 5.98. The number of allylic oxidation sites excluding steroid dienone is 2. The quantitative estimate of drug-likeness (QED) is 0.663. The van der Waals surface area contributed by atoms with Crippen molar-refractivity contribution in [3.8, 4) is 18.2 Å². The van der Waals surface area contributed by atoms with Crippen molar-refractivity contribution in [3.05, 3.63) is 35.5 Å². The van der Waals surface area contributed by atoms with Crippen molar-refractivity contribution in [1.82, 2.24) is 0 Å². The van der Waals surface area contributed by atoms with Crippen molar-refractivity contribution in [1.29, 1.82) is 15.8 Å². The second-order valence-electron chi connectivity index (χ2n) is 5.54. The number of nitrogens with one attached hydrogen (secondary N) is 1. The van der Waals surface area contributed by atoms with Gasteiger partial charge in [0.1, 0.15) is 23.9 Å². The summed E-state index contributed by atoms with van der Waals surface area (Å²) in [6.07, 6.45) is 1.50. The van der Waals surface area contributed by atoms with Gasteiger partial charge in [-0.15, -0.1) is 0 Å². The first-order valence-corrected chi connectivity index (χ1v) is 7.77. The smallest absolute Gasteiger partial charge is 0.308 e. The first-order valence-electron chi connectivity index (χ1n) is 7.77. The number of anilines is 2. The molecule has 0 unspecified atom stereocenters. The molecule has 1 heterocycles. The number of esters is 1. The Hall–Kier alpha value is -3.50. The van der Waals surface area contributed by atoms with Crippen LogP contribution in [0.15, 0.2) is 35.5 Å². The van der Waals surface area contributed by atoms with E-state index in [1.807, 2.05) is 18.2 Å². The molecule has 0 amide bonds. The molecule has 0 bridgehead atoms. The number of hydrogen-bond donors (Lipinski definition) is 1. The van der Waals surface area contributed by atoms with Crippen LogP contribution >= 0.6 is 0 Å². The van der Waals surface area contributed by atoms with E-state index in [0.717, 1.165) is 31.6 Å². The fourth-order valence-corrected chi connectivity index (χ4v) is 2.72. The number of carbonyl (C=O) groups is 1. The summed E-state index contributed by atoms with van der Waals surface area (Å²) in [6.45, 7) is 1.53. The summed E-state index contributed by atoms with van der Waals surface area (Å²) in [4.78, 5) is 13.7. The topological polar surface area (TPSA) is 113 Å². The summed E-state index contributed by atoms with van der Waals surface area (Å²) in [5.74, 6) is -0.193. The summed E-state index contributed by atoms with van der Waals surface area (Å²) in [5, 5.41) is 29.5. The van der Waals surface area contributed by atoms with Crippen LogP contribution in [0.4, 0.5) is 11.4 Å². The minimum Gasteiger partial charge on any atom is -0.469 e. The fraction of sp³-hybridized carbons (Fsp3) is 0.333. The molecule has 0 spiro atoms. The second kappa shape index (κ2) is 8.38. The number of carbonyl (C=O) groups excluding carboxylic acids is 1. The molecule has 1 aromatic carbocycles. The molecule has 1 N–H and O–H groups in total. The maximum Gasteiger partial charge on any atom is 0.308 e. The molecule has 0 saturated carbocycles. The van der Waals surface area contributed by atoms with Crippen LogP contribution in [-0.4, -0.2) is 26.2 Å². The highest BCUT2D eigenvalue weighted by Crippen LogP contribution is 2.25. The Balaban J connectivity index is 2.03. The Labute approximate surface area is 146 Å². The van der Waals surface area contributed by atoms with Crippen LogP contribution in [0.3, 0.4) is 0 Å². The van der Waals surface area contributed by atoms with Crippen LogP contribution in [0.2, 0.25) is 0 Å². The van der Waals surface area contributed by atoms with Crippen molar-refractivity contribution >= 4 is 17.3 Å². The zero-order valence-electron chi connectivity index (χ0n) is 13.8. The summed E-state index contributed by atoms with van der Waals surface area (Å²) < 4.78 is 4.79. The first kappa shape index (κ1) is 17.8. The number of ether oxygens (including phenoxy) is 1. The minimum atomic E-state index is -0.253. The average Bonchev–Trinajstić information content (AvgIpc) is 2.68. The number of hydrogen-bond acceptors (Lipinski definition) is 7. The van der Waals surface area contributed by atoms with E-state index in [0.29, 0.717) is 5.69 Å². The number of benzene rings is 1. The van der Waals surface area contributed by atoms with Crippen molar-refractivity contribution in [2.24, 2.45) is 5.92 Å². The molecule has 2 rings (SSSR count). The zero-order valence-corrected chi connectivity index (χ0v) is 13.8. The predicted octanol–water partition coefficient (Wildman–Crippen LogP) is 2.31. The van der Waals surface area contributed by atoms with Gasteiger partial charge in [-0.2, -0.15) is 15.8 Å². The molecule has 0 radical (unpaired) electrons. The summed E-state index contributed by atoms with van der Waals surface area (Å²) in [5.41, 5.74) is 1.30. The van der Waals surface area contributed by atoms with Gasteiger partial charge in [0.05, 0.1) is 13.0 Å². The normalized spacial score (nSPS) is 13.8. The molecule has 7 heteroatoms. The highest BCUT2D eigenvalue weighted by molar-refractivity contribution is 5.72. The van der Waals surface area contributed by atoms with Gasteiger partial charge in [0, 0.05) is 24.5 Å². The summed E-state index contributed by atoms with van der Waals surface area (Å²) in [7, 11) is 1.41. The number of nitrogens with zero attached hydrogens (tertiary/aromatic N) is 4. The Bertz CT molecular complexity index is 769. The van der Waals surface area contributed by atoms with E-state index in [9.17, 15) is 4.79 Å². The molecule has 126 valence electrons.